The first-order valence-electron chi connectivity index (χ1n) is 24.4. The molecule has 0 aromatic rings. The van der Waals surface area contributed by atoms with E-state index in [1.54, 1.807) is 0 Å². The Bertz CT molecular complexity index is 1130. The summed E-state index contributed by atoms with van der Waals surface area (Å²) in [5, 5.41) is 0. The van der Waals surface area contributed by atoms with Gasteiger partial charge in [-0.1, -0.05) is 209 Å². The standard InChI is InChI=1S/C53H90O6/c1-4-7-10-13-16-18-19-20-21-22-23-24-25-26-27-28-29-30-31-32-33-35-37-40-43-46-52(55)58-49-50(48-57-51(54)45-42-39-36-15-12-9-6-3)59-53(56)47-44-41-38-34-17-14-11-8-5-2/h7,10,16,18,20-21,23-24,26-27,29-30,50H,4-6,8-9,11-15,17,19,22,25,28,31-49H2,1-3H3/b10-7-,18-16-,21-20-,24-23-,27-26-,30-29-. The Hall–Kier alpha value is -3.15. The van der Waals surface area contributed by atoms with Crippen molar-refractivity contribution in [1.82, 2.24) is 0 Å². The summed E-state index contributed by atoms with van der Waals surface area (Å²) in [6.07, 6.45) is 59.1. The lowest BCUT2D eigenvalue weighted by Crippen LogP contribution is -2.30. The zero-order valence-electron chi connectivity index (χ0n) is 38.5. The Morgan fingerprint density at radius 1 is 0.356 bits per heavy atom. The molecule has 0 heterocycles. The van der Waals surface area contributed by atoms with Crippen molar-refractivity contribution in [1.29, 1.82) is 0 Å². The van der Waals surface area contributed by atoms with E-state index in [9.17, 15) is 14.4 Å². The van der Waals surface area contributed by atoms with Crippen molar-refractivity contribution < 1.29 is 28.6 Å². The van der Waals surface area contributed by atoms with Crippen LogP contribution in [0.15, 0.2) is 72.9 Å². The first-order valence-corrected chi connectivity index (χ1v) is 24.4. The lowest BCUT2D eigenvalue weighted by molar-refractivity contribution is -0.167. The van der Waals surface area contributed by atoms with Gasteiger partial charge in [0.25, 0.3) is 0 Å². The second-order valence-electron chi connectivity index (χ2n) is 16.0. The molecule has 0 N–H and O–H groups in total. The Labute approximate surface area is 363 Å². The van der Waals surface area contributed by atoms with Crippen LogP contribution >= 0.6 is 0 Å². The highest BCUT2D eigenvalue weighted by atomic mass is 16.6. The van der Waals surface area contributed by atoms with Crippen molar-refractivity contribution in [3.63, 3.8) is 0 Å². The van der Waals surface area contributed by atoms with Gasteiger partial charge in [0, 0.05) is 19.3 Å². The molecule has 0 fully saturated rings. The van der Waals surface area contributed by atoms with Gasteiger partial charge in [-0.25, -0.2) is 0 Å². The first kappa shape index (κ1) is 55.9. The Morgan fingerprint density at radius 2 is 0.661 bits per heavy atom. The van der Waals surface area contributed by atoms with Gasteiger partial charge < -0.3 is 14.2 Å². The van der Waals surface area contributed by atoms with Crippen LogP contribution < -0.4 is 0 Å². The molecule has 1 unspecified atom stereocenters. The van der Waals surface area contributed by atoms with E-state index >= 15 is 0 Å². The van der Waals surface area contributed by atoms with Gasteiger partial charge in [-0.3, -0.25) is 14.4 Å². The highest BCUT2D eigenvalue weighted by molar-refractivity contribution is 5.71. The fourth-order valence-electron chi connectivity index (χ4n) is 6.56. The molecule has 0 amide bonds. The molecule has 0 saturated heterocycles. The molecule has 1 atom stereocenters. The molecule has 0 aliphatic carbocycles. The Morgan fingerprint density at radius 3 is 1.03 bits per heavy atom. The molecule has 0 spiro atoms. The highest BCUT2D eigenvalue weighted by Crippen LogP contribution is 2.14. The van der Waals surface area contributed by atoms with Gasteiger partial charge >= 0.3 is 17.9 Å². The number of esters is 3. The molecule has 0 saturated carbocycles. The maximum Gasteiger partial charge on any atom is 0.306 e. The number of hydrogen-bond donors (Lipinski definition) is 0. The molecular formula is C53H90O6. The molecule has 0 radical (unpaired) electrons. The number of rotatable bonds is 43. The van der Waals surface area contributed by atoms with Crippen molar-refractivity contribution in [2.45, 2.75) is 232 Å². The number of unbranched alkanes of at least 4 members (excludes halogenated alkanes) is 20. The van der Waals surface area contributed by atoms with E-state index in [-0.39, 0.29) is 31.1 Å². The maximum absolute atomic E-state index is 12.6. The normalized spacial score (nSPS) is 12.7. The number of allylic oxidation sites excluding steroid dienone is 12. The van der Waals surface area contributed by atoms with Crippen LogP contribution in [0.4, 0.5) is 0 Å². The minimum atomic E-state index is -0.774. The van der Waals surface area contributed by atoms with Gasteiger partial charge in [-0.2, -0.15) is 0 Å². The largest absolute Gasteiger partial charge is 0.462 e. The third-order valence-electron chi connectivity index (χ3n) is 10.2. The summed E-state index contributed by atoms with van der Waals surface area (Å²) in [7, 11) is 0. The number of carbonyl (C=O) groups is 3. The second kappa shape index (κ2) is 47.5. The second-order valence-corrected chi connectivity index (χ2v) is 16.0. The summed E-state index contributed by atoms with van der Waals surface area (Å²) in [6, 6.07) is 0. The van der Waals surface area contributed by atoms with E-state index in [2.05, 4.69) is 93.7 Å². The molecule has 0 aliphatic heterocycles. The number of ether oxygens (including phenoxy) is 3. The summed E-state index contributed by atoms with van der Waals surface area (Å²) in [6.45, 7) is 6.44. The van der Waals surface area contributed by atoms with E-state index in [1.807, 2.05) is 0 Å². The molecule has 0 aromatic heterocycles. The molecule has 338 valence electrons. The fourth-order valence-corrected chi connectivity index (χ4v) is 6.56. The van der Waals surface area contributed by atoms with Crippen LogP contribution in [0.3, 0.4) is 0 Å². The van der Waals surface area contributed by atoms with Gasteiger partial charge in [0.1, 0.15) is 13.2 Å². The monoisotopic (exact) mass is 823 g/mol. The molecule has 6 nitrogen and oxygen atoms in total. The lowest BCUT2D eigenvalue weighted by atomic mass is 10.1. The number of carbonyl (C=O) groups excluding carboxylic acids is 3. The zero-order valence-corrected chi connectivity index (χ0v) is 38.5. The van der Waals surface area contributed by atoms with E-state index in [4.69, 9.17) is 14.2 Å². The average Bonchev–Trinajstić information content (AvgIpc) is 3.23. The molecule has 59 heavy (non-hydrogen) atoms. The van der Waals surface area contributed by atoms with Crippen LogP contribution in [0.2, 0.25) is 0 Å². The van der Waals surface area contributed by atoms with Gasteiger partial charge in [-0.15, -0.1) is 0 Å². The van der Waals surface area contributed by atoms with Crippen molar-refractivity contribution in [2.24, 2.45) is 0 Å². The highest BCUT2D eigenvalue weighted by Gasteiger charge is 2.19. The average molecular weight is 823 g/mol. The van der Waals surface area contributed by atoms with E-state index in [0.29, 0.717) is 19.3 Å². The van der Waals surface area contributed by atoms with Gasteiger partial charge in [0.15, 0.2) is 6.10 Å². The van der Waals surface area contributed by atoms with Crippen LogP contribution in [0.25, 0.3) is 0 Å². The van der Waals surface area contributed by atoms with Crippen LogP contribution in [0.5, 0.6) is 0 Å². The predicted octanol–water partition coefficient (Wildman–Crippen LogP) is 15.9. The molecule has 0 bridgehead atoms. The summed E-state index contributed by atoms with van der Waals surface area (Å²) in [5.74, 6) is -0.905. The third-order valence-corrected chi connectivity index (χ3v) is 10.2. The molecule has 0 rings (SSSR count). The summed E-state index contributed by atoms with van der Waals surface area (Å²) in [4.78, 5) is 37.6. The number of hydrogen-bond acceptors (Lipinski definition) is 6. The van der Waals surface area contributed by atoms with Crippen LogP contribution in [-0.4, -0.2) is 37.2 Å². The topological polar surface area (TPSA) is 78.9 Å². The zero-order chi connectivity index (χ0) is 43.0. The predicted molar refractivity (Wildman–Crippen MR) is 251 cm³/mol. The summed E-state index contributed by atoms with van der Waals surface area (Å²) < 4.78 is 16.6. The Balaban J connectivity index is 4.18. The van der Waals surface area contributed by atoms with Gasteiger partial charge in [0.05, 0.1) is 0 Å². The molecule has 0 aromatic carbocycles. The smallest absolute Gasteiger partial charge is 0.306 e. The van der Waals surface area contributed by atoms with Crippen LogP contribution in [0.1, 0.15) is 226 Å². The summed E-state index contributed by atoms with van der Waals surface area (Å²) in [5.41, 5.74) is 0. The first-order chi connectivity index (χ1) is 29.0. The van der Waals surface area contributed by atoms with Crippen molar-refractivity contribution in [3.05, 3.63) is 72.9 Å². The van der Waals surface area contributed by atoms with E-state index in [1.165, 1.54) is 83.5 Å². The third kappa shape index (κ3) is 45.8. The Kier molecular flexibility index (Phi) is 45.0. The minimum Gasteiger partial charge on any atom is -0.462 e. The van der Waals surface area contributed by atoms with Crippen molar-refractivity contribution >= 4 is 17.9 Å². The van der Waals surface area contributed by atoms with Crippen LogP contribution in [-0.2, 0) is 28.6 Å². The lowest BCUT2D eigenvalue weighted by Gasteiger charge is -2.18. The maximum atomic E-state index is 12.6. The SMILES string of the molecule is CC/C=C\C/C=C\C/C=C\C/C=C\C/C=C\C/C=C\CCCCCCCCC(=O)OCC(COC(=O)CCCCCCCCC)OC(=O)CCCCCCCCCCC. The van der Waals surface area contributed by atoms with Gasteiger partial charge in [0.2, 0.25) is 0 Å². The minimum absolute atomic E-state index is 0.0787. The van der Waals surface area contributed by atoms with Crippen molar-refractivity contribution in [3.8, 4) is 0 Å². The molecule has 6 heteroatoms. The fraction of sp³-hybridized carbons (Fsp3) is 0.717. The van der Waals surface area contributed by atoms with Gasteiger partial charge in [-0.05, 0) is 70.6 Å². The molecular weight excluding hydrogens is 733 g/mol. The van der Waals surface area contributed by atoms with Crippen molar-refractivity contribution in [2.75, 3.05) is 13.2 Å². The van der Waals surface area contributed by atoms with E-state index < -0.39 is 6.10 Å². The quantitative estimate of drug-likeness (QED) is 0.0264. The molecule has 0 aliphatic rings. The van der Waals surface area contributed by atoms with E-state index in [0.717, 1.165) is 103 Å². The summed E-state index contributed by atoms with van der Waals surface area (Å²) >= 11 is 0. The van der Waals surface area contributed by atoms with Crippen LogP contribution in [0, 0.1) is 0 Å².